The SMILES string of the molecule is CC(C)CN1CCC2(CC1)NC(=O)N(Cc1cccc(C#N)c1)C2=O. The van der Waals surface area contributed by atoms with Gasteiger partial charge in [0.25, 0.3) is 5.91 Å². The molecule has 2 saturated heterocycles. The van der Waals surface area contributed by atoms with Crippen LogP contribution in [0, 0.1) is 17.2 Å². The molecule has 0 unspecified atom stereocenters. The maximum Gasteiger partial charge on any atom is 0.325 e. The number of carbonyl (C=O) groups excluding carboxylic acids is 2. The number of hydrogen-bond donors (Lipinski definition) is 1. The number of nitrogens with one attached hydrogen (secondary N) is 1. The van der Waals surface area contributed by atoms with Crippen molar-refractivity contribution in [3.05, 3.63) is 35.4 Å². The summed E-state index contributed by atoms with van der Waals surface area (Å²) in [4.78, 5) is 29.0. The Labute approximate surface area is 148 Å². The number of likely N-dealkylation sites (tertiary alicyclic amines) is 1. The Balaban J connectivity index is 1.69. The van der Waals surface area contributed by atoms with E-state index in [-0.39, 0.29) is 18.5 Å². The number of urea groups is 1. The molecule has 0 saturated carbocycles. The van der Waals surface area contributed by atoms with Crippen LogP contribution in [0.5, 0.6) is 0 Å². The van der Waals surface area contributed by atoms with E-state index in [1.165, 1.54) is 4.90 Å². The van der Waals surface area contributed by atoms with Crippen LogP contribution in [0.3, 0.4) is 0 Å². The maximum absolute atomic E-state index is 12.9. The van der Waals surface area contributed by atoms with Gasteiger partial charge in [-0.15, -0.1) is 0 Å². The minimum atomic E-state index is -0.753. The normalized spacial score (nSPS) is 20.2. The van der Waals surface area contributed by atoms with Gasteiger partial charge in [-0.1, -0.05) is 26.0 Å². The average Bonchev–Trinajstić information content (AvgIpc) is 2.81. The number of piperidine rings is 1. The van der Waals surface area contributed by atoms with Crippen molar-refractivity contribution in [2.75, 3.05) is 19.6 Å². The zero-order chi connectivity index (χ0) is 18.0. The molecule has 2 aliphatic heterocycles. The van der Waals surface area contributed by atoms with Crippen LogP contribution < -0.4 is 5.32 Å². The van der Waals surface area contributed by atoms with Crippen LogP contribution in [0.2, 0.25) is 0 Å². The molecule has 6 heteroatoms. The first-order valence-corrected chi connectivity index (χ1v) is 8.79. The van der Waals surface area contributed by atoms with E-state index in [1.807, 2.05) is 6.07 Å². The van der Waals surface area contributed by atoms with Crippen LogP contribution in [0.15, 0.2) is 24.3 Å². The van der Waals surface area contributed by atoms with Gasteiger partial charge in [0, 0.05) is 19.6 Å². The summed E-state index contributed by atoms with van der Waals surface area (Å²) in [6.07, 6.45) is 1.30. The van der Waals surface area contributed by atoms with E-state index < -0.39 is 5.54 Å². The minimum Gasteiger partial charge on any atom is -0.323 e. The monoisotopic (exact) mass is 340 g/mol. The number of benzene rings is 1. The van der Waals surface area contributed by atoms with Crippen molar-refractivity contribution in [3.63, 3.8) is 0 Å². The second-order valence-corrected chi connectivity index (χ2v) is 7.41. The van der Waals surface area contributed by atoms with Crippen molar-refractivity contribution in [1.82, 2.24) is 15.1 Å². The first-order valence-electron chi connectivity index (χ1n) is 8.79. The van der Waals surface area contributed by atoms with Crippen LogP contribution in [-0.4, -0.2) is 46.9 Å². The number of rotatable bonds is 4. The minimum absolute atomic E-state index is 0.135. The molecular weight excluding hydrogens is 316 g/mol. The molecule has 1 spiro atoms. The smallest absolute Gasteiger partial charge is 0.323 e. The van der Waals surface area contributed by atoms with Crippen LogP contribution >= 0.6 is 0 Å². The van der Waals surface area contributed by atoms with Gasteiger partial charge < -0.3 is 10.2 Å². The van der Waals surface area contributed by atoms with Crippen molar-refractivity contribution in [3.8, 4) is 6.07 Å². The molecule has 25 heavy (non-hydrogen) atoms. The summed E-state index contributed by atoms with van der Waals surface area (Å²) in [5.41, 5.74) is 0.565. The second kappa shape index (κ2) is 6.85. The molecule has 1 aromatic carbocycles. The van der Waals surface area contributed by atoms with Gasteiger partial charge in [0.2, 0.25) is 0 Å². The molecule has 0 radical (unpaired) electrons. The highest BCUT2D eigenvalue weighted by Crippen LogP contribution is 2.30. The van der Waals surface area contributed by atoms with E-state index in [2.05, 4.69) is 30.1 Å². The van der Waals surface area contributed by atoms with Gasteiger partial charge in [0.05, 0.1) is 18.2 Å². The van der Waals surface area contributed by atoms with Gasteiger partial charge in [-0.05, 0) is 36.5 Å². The van der Waals surface area contributed by atoms with Crippen LogP contribution in [0.25, 0.3) is 0 Å². The Morgan fingerprint density at radius 3 is 2.64 bits per heavy atom. The molecule has 3 rings (SSSR count). The van der Waals surface area contributed by atoms with E-state index >= 15 is 0 Å². The van der Waals surface area contributed by atoms with Crippen molar-refractivity contribution in [2.45, 2.75) is 38.8 Å². The average molecular weight is 340 g/mol. The van der Waals surface area contributed by atoms with E-state index in [0.717, 1.165) is 25.2 Å². The molecule has 1 aromatic rings. The summed E-state index contributed by atoms with van der Waals surface area (Å²) in [7, 11) is 0. The lowest BCUT2D eigenvalue weighted by atomic mass is 9.87. The van der Waals surface area contributed by atoms with Gasteiger partial charge >= 0.3 is 6.03 Å². The Morgan fingerprint density at radius 1 is 1.28 bits per heavy atom. The lowest BCUT2D eigenvalue weighted by Gasteiger charge is -2.38. The molecule has 6 nitrogen and oxygen atoms in total. The fourth-order valence-corrected chi connectivity index (χ4v) is 3.71. The lowest BCUT2D eigenvalue weighted by molar-refractivity contribution is -0.133. The van der Waals surface area contributed by atoms with Crippen molar-refractivity contribution in [2.24, 2.45) is 5.92 Å². The molecule has 3 amide bonds. The molecule has 0 aromatic heterocycles. The molecule has 2 fully saturated rings. The molecular formula is C19H24N4O2. The van der Waals surface area contributed by atoms with Crippen molar-refractivity contribution < 1.29 is 9.59 Å². The number of carbonyl (C=O) groups is 2. The third-order valence-electron chi connectivity index (χ3n) is 4.98. The predicted molar refractivity (Wildman–Crippen MR) is 93.5 cm³/mol. The molecule has 1 N–H and O–H groups in total. The topological polar surface area (TPSA) is 76.4 Å². The van der Waals surface area contributed by atoms with E-state index in [1.54, 1.807) is 18.2 Å². The Kier molecular flexibility index (Phi) is 4.78. The third-order valence-corrected chi connectivity index (χ3v) is 4.98. The molecule has 2 aliphatic rings. The molecule has 0 aliphatic carbocycles. The Bertz CT molecular complexity index is 714. The van der Waals surface area contributed by atoms with E-state index in [9.17, 15) is 9.59 Å². The molecule has 2 heterocycles. The summed E-state index contributed by atoms with van der Waals surface area (Å²) < 4.78 is 0. The van der Waals surface area contributed by atoms with Crippen molar-refractivity contribution in [1.29, 1.82) is 5.26 Å². The van der Waals surface area contributed by atoms with Gasteiger partial charge in [-0.25, -0.2) is 4.79 Å². The fraction of sp³-hybridized carbons (Fsp3) is 0.526. The Hall–Kier alpha value is -2.39. The summed E-state index contributed by atoms with van der Waals surface area (Å²) in [6.45, 7) is 7.23. The van der Waals surface area contributed by atoms with Crippen LogP contribution in [0.1, 0.15) is 37.8 Å². The fourth-order valence-electron chi connectivity index (χ4n) is 3.71. The molecule has 0 atom stereocenters. The third kappa shape index (κ3) is 3.52. The van der Waals surface area contributed by atoms with Gasteiger partial charge in [0.1, 0.15) is 5.54 Å². The molecule has 132 valence electrons. The zero-order valence-electron chi connectivity index (χ0n) is 14.8. The highest BCUT2D eigenvalue weighted by Gasteiger charge is 2.52. The number of nitriles is 1. The number of nitrogens with zero attached hydrogens (tertiary/aromatic N) is 3. The summed E-state index contributed by atoms with van der Waals surface area (Å²) in [6, 6.07) is 8.78. The molecule has 0 bridgehead atoms. The lowest BCUT2D eigenvalue weighted by Crippen LogP contribution is -2.55. The largest absolute Gasteiger partial charge is 0.325 e. The van der Waals surface area contributed by atoms with Gasteiger partial charge in [-0.3, -0.25) is 9.69 Å². The van der Waals surface area contributed by atoms with Crippen LogP contribution in [-0.2, 0) is 11.3 Å². The first-order chi connectivity index (χ1) is 11.9. The summed E-state index contributed by atoms with van der Waals surface area (Å²) in [5.74, 6) is 0.455. The number of hydrogen-bond acceptors (Lipinski definition) is 4. The Morgan fingerprint density at radius 2 is 2.00 bits per heavy atom. The van der Waals surface area contributed by atoms with E-state index in [4.69, 9.17) is 5.26 Å². The quantitative estimate of drug-likeness (QED) is 0.852. The number of imide groups is 1. The standard InChI is InChI=1S/C19H24N4O2/c1-14(2)12-22-8-6-19(7-9-22)17(24)23(18(25)21-19)13-16-5-3-4-15(10-16)11-20/h3-5,10,14H,6-9,12-13H2,1-2H3,(H,21,25). The highest BCUT2D eigenvalue weighted by atomic mass is 16.2. The number of amides is 3. The summed E-state index contributed by atoms with van der Waals surface area (Å²) >= 11 is 0. The van der Waals surface area contributed by atoms with Crippen LogP contribution in [0.4, 0.5) is 4.79 Å². The summed E-state index contributed by atoms with van der Waals surface area (Å²) in [5, 5.41) is 11.9. The second-order valence-electron chi connectivity index (χ2n) is 7.41. The first kappa shape index (κ1) is 17.4. The maximum atomic E-state index is 12.9. The van der Waals surface area contributed by atoms with Gasteiger partial charge in [0.15, 0.2) is 0 Å². The van der Waals surface area contributed by atoms with Crippen molar-refractivity contribution >= 4 is 11.9 Å². The predicted octanol–water partition coefficient (Wildman–Crippen LogP) is 2.10. The zero-order valence-corrected chi connectivity index (χ0v) is 14.8. The van der Waals surface area contributed by atoms with E-state index in [0.29, 0.717) is 24.3 Å². The van der Waals surface area contributed by atoms with Gasteiger partial charge in [-0.2, -0.15) is 5.26 Å². The highest BCUT2D eigenvalue weighted by molar-refractivity contribution is 6.07.